The zero-order valence-electron chi connectivity index (χ0n) is 10.6. The van der Waals surface area contributed by atoms with E-state index in [1.807, 2.05) is 13.8 Å². The predicted octanol–water partition coefficient (Wildman–Crippen LogP) is 1.44. The number of halogens is 1. The summed E-state index contributed by atoms with van der Waals surface area (Å²) in [6.07, 6.45) is 1.48. The summed E-state index contributed by atoms with van der Waals surface area (Å²) in [7, 11) is 1.59. The molecule has 2 amide bonds. The molecule has 0 unspecified atom stereocenters. The highest BCUT2D eigenvalue weighted by atomic mass is 79.9. The second kappa shape index (κ2) is 6.49. The highest BCUT2D eigenvalue weighted by Gasteiger charge is 2.15. The third-order valence-electron chi connectivity index (χ3n) is 2.15. The number of pyridine rings is 1. The van der Waals surface area contributed by atoms with Gasteiger partial charge >= 0.3 is 0 Å². The fourth-order valence-corrected chi connectivity index (χ4v) is 1.61. The van der Waals surface area contributed by atoms with Crippen molar-refractivity contribution in [2.24, 2.45) is 0 Å². The van der Waals surface area contributed by atoms with Gasteiger partial charge in [-0.2, -0.15) is 0 Å². The first-order valence-corrected chi connectivity index (χ1v) is 6.36. The fraction of sp³-hybridized carbons (Fsp3) is 0.417. The largest absolute Gasteiger partial charge is 0.352 e. The first kappa shape index (κ1) is 14.6. The number of nitrogens with zero attached hydrogens (tertiary/aromatic N) is 2. The number of carbonyl (C=O) groups excluding carboxylic acids is 2. The molecule has 1 aromatic heterocycles. The molecule has 1 aromatic rings. The van der Waals surface area contributed by atoms with Crippen LogP contribution in [0, 0.1) is 0 Å². The van der Waals surface area contributed by atoms with E-state index in [2.05, 4.69) is 26.2 Å². The standard InChI is InChI=1S/C12H16BrN3O2/c1-8(2)15-11(17)7-16(3)12(18)9-4-5-10(13)14-6-9/h4-6,8H,7H2,1-3H3,(H,15,17). The number of hydrogen-bond donors (Lipinski definition) is 1. The molecule has 98 valence electrons. The lowest BCUT2D eigenvalue weighted by atomic mass is 10.2. The summed E-state index contributed by atoms with van der Waals surface area (Å²) in [6, 6.07) is 3.42. The number of likely N-dealkylation sites (N-methyl/N-ethyl adjacent to an activating group) is 1. The number of nitrogens with one attached hydrogen (secondary N) is 1. The Morgan fingerprint density at radius 2 is 2.11 bits per heavy atom. The molecule has 18 heavy (non-hydrogen) atoms. The van der Waals surface area contributed by atoms with Crippen LogP contribution in [0.4, 0.5) is 0 Å². The van der Waals surface area contributed by atoms with E-state index < -0.39 is 0 Å². The molecule has 0 aliphatic carbocycles. The van der Waals surface area contributed by atoms with Crippen LogP contribution in [0.5, 0.6) is 0 Å². The molecular weight excluding hydrogens is 298 g/mol. The number of carbonyl (C=O) groups is 2. The second-order valence-corrected chi connectivity index (χ2v) is 5.07. The van der Waals surface area contributed by atoms with Gasteiger partial charge in [-0.25, -0.2) is 4.98 Å². The summed E-state index contributed by atoms with van der Waals surface area (Å²) in [5, 5.41) is 2.73. The van der Waals surface area contributed by atoms with Crippen molar-refractivity contribution >= 4 is 27.7 Å². The van der Waals surface area contributed by atoms with Crippen LogP contribution >= 0.6 is 15.9 Å². The Labute approximate surface area is 115 Å². The minimum absolute atomic E-state index is 0.0348. The summed E-state index contributed by atoms with van der Waals surface area (Å²) < 4.78 is 0.666. The number of rotatable bonds is 4. The van der Waals surface area contributed by atoms with Crippen LogP contribution in [-0.4, -0.2) is 41.3 Å². The lowest BCUT2D eigenvalue weighted by Crippen LogP contribution is -2.40. The van der Waals surface area contributed by atoms with Crippen LogP contribution in [0.15, 0.2) is 22.9 Å². The third kappa shape index (κ3) is 4.44. The zero-order chi connectivity index (χ0) is 13.7. The van der Waals surface area contributed by atoms with Crippen LogP contribution in [0.2, 0.25) is 0 Å². The molecule has 1 rings (SSSR count). The van der Waals surface area contributed by atoms with Crippen molar-refractivity contribution in [2.45, 2.75) is 19.9 Å². The molecule has 0 saturated carbocycles. The van der Waals surface area contributed by atoms with Gasteiger partial charge in [-0.1, -0.05) is 0 Å². The predicted molar refractivity (Wildman–Crippen MR) is 72.2 cm³/mol. The van der Waals surface area contributed by atoms with Crippen LogP contribution in [0.25, 0.3) is 0 Å². The maximum atomic E-state index is 12.0. The van der Waals surface area contributed by atoms with Crippen molar-refractivity contribution in [3.05, 3.63) is 28.5 Å². The van der Waals surface area contributed by atoms with E-state index in [1.165, 1.54) is 11.1 Å². The van der Waals surface area contributed by atoms with Gasteiger partial charge in [-0.05, 0) is 41.9 Å². The van der Waals surface area contributed by atoms with Gasteiger partial charge in [0.25, 0.3) is 5.91 Å². The van der Waals surface area contributed by atoms with Gasteiger partial charge in [-0.3, -0.25) is 9.59 Å². The molecular formula is C12H16BrN3O2. The summed E-state index contributed by atoms with van der Waals surface area (Å²) in [5.74, 6) is -0.403. The van der Waals surface area contributed by atoms with E-state index in [0.717, 1.165) is 0 Å². The Bertz CT molecular complexity index is 431. The highest BCUT2D eigenvalue weighted by Crippen LogP contribution is 2.08. The number of aromatic nitrogens is 1. The molecule has 0 aliphatic heterocycles. The molecule has 0 spiro atoms. The average Bonchev–Trinajstić information content (AvgIpc) is 2.27. The van der Waals surface area contributed by atoms with Gasteiger partial charge in [0.2, 0.25) is 5.91 Å². The first-order chi connectivity index (χ1) is 8.40. The second-order valence-electron chi connectivity index (χ2n) is 4.25. The van der Waals surface area contributed by atoms with Crippen molar-refractivity contribution in [3.8, 4) is 0 Å². The topological polar surface area (TPSA) is 62.3 Å². The van der Waals surface area contributed by atoms with Gasteiger partial charge in [0.05, 0.1) is 12.1 Å². The molecule has 0 atom stereocenters. The Morgan fingerprint density at radius 1 is 1.44 bits per heavy atom. The Hall–Kier alpha value is -1.43. The van der Waals surface area contributed by atoms with E-state index in [1.54, 1.807) is 19.2 Å². The Kier molecular flexibility index (Phi) is 5.27. The van der Waals surface area contributed by atoms with Crippen LogP contribution in [-0.2, 0) is 4.79 Å². The highest BCUT2D eigenvalue weighted by molar-refractivity contribution is 9.10. The number of hydrogen-bond acceptors (Lipinski definition) is 3. The quantitative estimate of drug-likeness (QED) is 0.856. The molecule has 5 nitrogen and oxygen atoms in total. The first-order valence-electron chi connectivity index (χ1n) is 5.56. The minimum Gasteiger partial charge on any atom is -0.352 e. The van der Waals surface area contributed by atoms with Crippen molar-refractivity contribution in [2.75, 3.05) is 13.6 Å². The molecule has 6 heteroatoms. The van der Waals surface area contributed by atoms with Crippen molar-refractivity contribution < 1.29 is 9.59 Å². The maximum Gasteiger partial charge on any atom is 0.255 e. The minimum atomic E-state index is -0.228. The molecule has 0 bridgehead atoms. The normalized spacial score (nSPS) is 10.3. The van der Waals surface area contributed by atoms with E-state index in [9.17, 15) is 9.59 Å². The van der Waals surface area contributed by atoms with Crippen LogP contribution in [0.3, 0.4) is 0 Å². The van der Waals surface area contributed by atoms with Crippen molar-refractivity contribution in [1.82, 2.24) is 15.2 Å². The molecule has 0 radical (unpaired) electrons. The Balaban J connectivity index is 2.61. The van der Waals surface area contributed by atoms with Crippen molar-refractivity contribution in [3.63, 3.8) is 0 Å². The smallest absolute Gasteiger partial charge is 0.255 e. The van der Waals surface area contributed by atoms with Gasteiger partial charge in [-0.15, -0.1) is 0 Å². The molecule has 1 N–H and O–H groups in total. The molecule has 0 saturated heterocycles. The van der Waals surface area contributed by atoms with E-state index >= 15 is 0 Å². The lowest BCUT2D eigenvalue weighted by Gasteiger charge is -2.17. The molecule has 1 heterocycles. The van der Waals surface area contributed by atoms with E-state index in [0.29, 0.717) is 10.2 Å². The summed E-state index contributed by atoms with van der Waals surface area (Å²) in [6.45, 7) is 3.78. The van der Waals surface area contributed by atoms with Gasteiger partial charge in [0.1, 0.15) is 4.60 Å². The third-order valence-corrected chi connectivity index (χ3v) is 2.62. The van der Waals surface area contributed by atoms with Gasteiger partial charge < -0.3 is 10.2 Å². The summed E-state index contributed by atoms with van der Waals surface area (Å²) >= 11 is 3.20. The zero-order valence-corrected chi connectivity index (χ0v) is 12.2. The lowest BCUT2D eigenvalue weighted by molar-refractivity contribution is -0.122. The summed E-state index contributed by atoms with van der Waals surface area (Å²) in [4.78, 5) is 28.8. The van der Waals surface area contributed by atoms with Crippen LogP contribution in [0.1, 0.15) is 24.2 Å². The van der Waals surface area contributed by atoms with E-state index in [-0.39, 0.29) is 24.4 Å². The van der Waals surface area contributed by atoms with Crippen LogP contribution < -0.4 is 5.32 Å². The van der Waals surface area contributed by atoms with Gasteiger partial charge in [0.15, 0.2) is 0 Å². The summed E-state index contributed by atoms with van der Waals surface area (Å²) in [5.41, 5.74) is 0.457. The fourth-order valence-electron chi connectivity index (χ4n) is 1.38. The SMILES string of the molecule is CC(C)NC(=O)CN(C)C(=O)c1ccc(Br)nc1. The van der Waals surface area contributed by atoms with E-state index in [4.69, 9.17) is 0 Å². The molecule has 0 aliphatic rings. The van der Waals surface area contributed by atoms with Gasteiger partial charge in [0, 0.05) is 19.3 Å². The monoisotopic (exact) mass is 313 g/mol. The maximum absolute atomic E-state index is 12.0. The number of amides is 2. The molecule has 0 fully saturated rings. The Morgan fingerprint density at radius 3 is 2.61 bits per heavy atom. The van der Waals surface area contributed by atoms with Crippen molar-refractivity contribution in [1.29, 1.82) is 0 Å². The average molecular weight is 314 g/mol. The molecule has 0 aromatic carbocycles.